The maximum atomic E-state index is 11.6. The van der Waals surface area contributed by atoms with Crippen LogP contribution in [0.1, 0.15) is 58.8 Å². The monoisotopic (exact) mass is 377 g/mol. The van der Waals surface area contributed by atoms with E-state index >= 15 is 0 Å². The lowest BCUT2D eigenvalue weighted by atomic mass is 9.89. The van der Waals surface area contributed by atoms with Crippen molar-refractivity contribution in [2.24, 2.45) is 10.9 Å². The Morgan fingerprint density at radius 1 is 0.963 bits per heavy atom. The van der Waals surface area contributed by atoms with Crippen LogP contribution in [-0.2, 0) is 4.79 Å². The maximum Gasteiger partial charge on any atom is 0.219 e. The first kappa shape index (κ1) is 20.4. The van der Waals surface area contributed by atoms with Crippen LogP contribution in [-0.4, -0.2) is 85.0 Å². The topological polar surface area (TPSA) is 51.2 Å². The number of carbonyl (C=O) groups excluding carboxylic acids is 1. The van der Waals surface area contributed by atoms with Crippen molar-refractivity contribution in [1.82, 2.24) is 20.0 Å². The van der Waals surface area contributed by atoms with Gasteiger partial charge in [-0.1, -0.05) is 19.3 Å². The molecule has 2 aliphatic heterocycles. The fraction of sp³-hybridized carbons (Fsp3) is 0.905. The molecule has 1 amide bonds. The van der Waals surface area contributed by atoms with Crippen molar-refractivity contribution in [3.8, 4) is 0 Å². The number of hydrogen-bond acceptors (Lipinski definition) is 3. The Balaban J connectivity index is 1.53. The number of carbonyl (C=O) groups is 1. The molecule has 3 aliphatic rings. The van der Waals surface area contributed by atoms with E-state index in [0.717, 1.165) is 51.1 Å². The van der Waals surface area contributed by atoms with Crippen LogP contribution in [0.15, 0.2) is 4.99 Å². The van der Waals surface area contributed by atoms with Crippen LogP contribution in [0.25, 0.3) is 0 Å². The third kappa shape index (κ3) is 5.84. The second-order valence-electron chi connectivity index (χ2n) is 8.48. The van der Waals surface area contributed by atoms with E-state index in [9.17, 15) is 4.79 Å². The van der Waals surface area contributed by atoms with Crippen LogP contribution in [0.4, 0.5) is 0 Å². The van der Waals surface area contributed by atoms with Gasteiger partial charge in [0.25, 0.3) is 0 Å². The third-order valence-corrected chi connectivity index (χ3v) is 6.53. The smallest absolute Gasteiger partial charge is 0.219 e. The second-order valence-corrected chi connectivity index (χ2v) is 8.48. The summed E-state index contributed by atoms with van der Waals surface area (Å²) in [6.45, 7) is 11.5. The number of likely N-dealkylation sites (tertiary alicyclic amines) is 1. The van der Waals surface area contributed by atoms with Crippen molar-refractivity contribution < 1.29 is 4.79 Å². The van der Waals surface area contributed by atoms with Crippen molar-refractivity contribution in [2.45, 2.75) is 64.8 Å². The van der Waals surface area contributed by atoms with Gasteiger partial charge in [-0.15, -0.1) is 0 Å². The second kappa shape index (κ2) is 10.3. The minimum Gasteiger partial charge on any atom is -0.357 e. The predicted octanol–water partition coefficient (Wildman–Crippen LogP) is 2.16. The van der Waals surface area contributed by atoms with Gasteiger partial charge in [0.05, 0.1) is 6.54 Å². The minimum atomic E-state index is 0.181. The van der Waals surface area contributed by atoms with Gasteiger partial charge < -0.3 is 15.1 Å². The van der Waals surface area contributed by atoms with Gasteiger partial charge in [-0.25, -0.2) is 0 Å². The Labute approximate surface area is 165 Å². The molecule has 3 fully saturated rings. The number of aliphatic imine (C=N–C) groups is 1. The molecule has 0 aromatic carbocycles. The zero-order valence-corrected chi connectivity index (χ0v) is 17.5. The van der Waals surface area contributed by atoms with Crippen molar-refractivity contribution in [2.75, 3.05) is 52.4 Å². The van der Waals surface area contributed by atoms with E-state index < -0.39 is 0 Å². The van der Waals surface area contributed by atoms with Gasteiger partial charge in [-0.3, -0.25) is 14.7 Å². The number of guanidine groups is 1. The van der Waals surface area contributed by atoms with Crippen LogP contribution >= 0.6 is 0 Å². The highest BCUT2D eigenvalue weighted by Crippen LogP contribution is 2.27. The fourth-order valence-electron chi connectivity index (χ4n) is 4.89. The van der Waals surface area contributed by atoms with Crippen LogP contribution in [0.3, 0.4) is 0 Å². The molecule has 2 heterocycles. The zero-order valence-electron chi connectivity index (χ0n) is 17.5. The molecule has 1 saturated carbocycles. The van der Waals surface area contributed by atoms with E-state index in [-0.39, 0.29) is 5.91 Å². The Bertz CT molecular complexity index is 495. The van der Waals surface area contributed by atoms with Crippen molar-refractivity contribution in [3.05, 3.63) is 0 Å². The lowest BCUT2D eigenvalue weighted by molar-refractivity contribution is -0.130. The van der Waals surface area contributed by atoms with Gasteiger partial charge in [0.15, 0.2) is 5.96 Å². The average molecular weight is 378 g/mol. The Kier molecular flexibility index (Phi) is 7.80. The number of hydrogen-bond donors (Lipinski definition) is 1. The molecule has 6 heteroatoms. The van der Waals surface area contributed by atoms with E-state index in [0.29, 0.717) is 6.04 Å². The van der Waals surface area contributed by atoms with E-state index in [1.165, 1.54) is 58.0 Å². The van der Waals surface area contributed by atoms with Gasteiger partial charge in [-0.2, -0.15) is 0 Å². The normalized spacial score (nSPS) is 25.9. The molecule has 1 unspecified atom stereocenters. The van der Waals surface area contributed by atoms with E-state index in [4.69, 9.17) is 4.99 Å². The quantitative estimate of drug-likeness (QED) is 0.589. The summed E-state index contributed by atoms with van der Waals surface area (Å²) >= 11 is 0. The SMILES string of the molecule is CCNC(=NCC1CCCN1CC1CCCCC1)N1CCN(C(C)=O)CC1. The highest BCUT2D eigenvalue weighted by Gasteiger charge is 2.28. The molecule has 0 aromatic rings. The summed E-state index contributed by atoms with van der Waals surface area (Å²) in [5, 5.41) is 3.47. The average Bonchev–Trinajstić information content (AvgIpc) is 3.13. The molecule has 1 N–H and O–H groups in total. The maximum absolute atomic E-state index is 11.6. The predicted molar refractivity (Wildman–Crippen MR) is 111 cm³/mol. The van der Waals surface area contributed by atoms with Crippen molar-refractivity contribution >= 4 is 11.9 Å². The zero-order chi connectivity index (χ0) is 19.1. The lowest BCUT2D eigenvalue weighted by Crippen LogP contribution is -2.53. The summed E-state index contributed by atoms with van der Waals surface area (Å²) in [5.74, 6) is 2.13. The Morgan fingerprint density at radius 2 is 1.67 bits per heavy atom. The van der Waals surface area contributed by atoms with Crippen molar-refractivity contribution in [3.63, 3.8) is 0 Å². The van der Waals surface area contributed by atoms with Crippen LogP contribution in [0.5, 0.6) is 0 Å². The molecule has 3 rings (SSSR count). The van der Waals surface area contributed by atoms with E-state index in [2.05, 4.69) is 22.0 Å². The Morgan fingerprint density at radius 3 is 2.33 bits per heavy atom. The summed E-state index contributed by atoms with van der Waals surface area (Å²) in [6.07, 6.45) is 9.75. The van der Waals surface area contributed by atoms with E-state index in [1.54, 1.807) is 6.92 Å². The van der Waals surface area contributed by atoms with Crippen molar-refractivity contribution in [1.29, 1.82) is 0 Å². The molecule has 27 heavy (non-hydrogen) atoms. The summed E-state index contributed by atoms with van der Waals surface area (Å²) in [5.41, 5.74) is 0. The van der Waals surface area contributed by atoms with Gasteiger partial charge >= 0.3 is 0 Å². The minimum absolute atomic E-state index is 0.181. The molecule has 6 nitrogen and oxygen atoms in total. The number of nitrogens with zero attached hydrogens (tertiary/aromatic N) is 4. The molecule has 1 aliphatic carbocycles. The molecular formula is C21H39N5O. The molecule has 2 saturated heterocycles. The first-order valence-electron chi connectivity index (χ1n) is 11.2. The molecule has 0 radical (unpaired) electrons. The standard InChI is InChI=1S/C21H39N5O/c1-3-22-21(25-14-12-24(13-15-25)18(2)27)23-16-20-10-7-11-26(20)17-19-8-5-4-6-9-19/h19-20H,3-17H2,1-2H3,(H,22,23). The molecule has 154 valence electrons. The van der Waals surface area contributed by atoms with Gasteiger partial charge in [0, 0.05) is 52.2 Å². The first-order valence-corrected chi connectivity index (χ1v) is 11.2. The molecular weight excluding hydrogens is 338 g/mol. The highest BCUT2D eigenvalue weighted by atomic mass is 16.2. The number of rotatable bonds is 5. The van der Waals surface area contributed by atoms with Gasteiger partial charge in [0.1, 0.15) is 0 Å². The summed E-state index contributed by atoms with van der Waals surface area (Å²) in [7, 11) is 0. The molecule has 1 atom stereocenters. The summed E-state index contributed by atoms with van der Waals surface area (Å²) in [4.78, 5) is 23.6. The molecule has 0 bridgehead atoms. The lowest BCUT2D eigenvalue weighted by Gasteiger charge is -2.36. The fourth-order valence-corrected chi connectivity index (χ4v) is 4.89. The number of amides is 1. The Hall–Kier alpha value is -1.30. The van der Waals surface area contributed by atoms with Crippen LogP contribution < -0.4 is 5.32 Å². The summed E-state index contributed by atoms with van der Waals surface area (Å²) in [6, 6.07) is 0.610. The first-order chi connectivity index (χ1) is 13.2. The van der Waals surface area contributed by atoms with Crippen LogP contribution in [0.2, 0.25) is 0 Å². The van der Waals surface area contributed by atoms with Gasteiger partial charge in [0.2, 0.25) is 5.91 Å². The summed E-state index contributed by atoms with van der Waals surface area (Å²) < 4.78 is 0. The van der Waals surface area contributed by atoms with Crippen LogP contribution in [0, 0.1) is 5.92 Å². The number of piperazine rings is 1. The molecule has 0 spiro atoms. The molecule has 0 aromatic heterocycles. The third-order valence-electron chi connectivity index (χ3n) is 6.53. The largest absolute Gasteiger partial charge is 0.357 e. The van der Waals surface area contributed by atoms with E-state index in [1.807, 2.05) is 4.90 Å². The number of nitrogens with one attached hydrogen (secondary N) is 1. The highest BCUT2D eigenvalue weighted by molar-refractivity contribution is 5.80. The van der Waals surface area contributed by atoms with Gasteiger partial charge in [-0.05, 0) is 45.1 Å².